The molecule has 1 unspecified atom stereocenters. The average Bonchev–Trinajstić information content (AvgIpc) is 2.94. The van der Waals surface area contributed by atoms with Gasteiger partial charge < -0.3 is 14.7 Å². The van der Waals surface area contributed by atoms with Crippen LogP contribution in [0, 0.1) is 5.41 Å². The summed E-state index contributed by atoms with van der Waals surface area (Å²) in [5.41, 5.74) is 0.139. The second kappa shape index (κ2) is 6.16. The number of methoxy groups -OCH3 is 1. The molecule has 0 radical (unpaired) electrons. The van der Waals surface area contributed by atoms with Crippen molar-refractivity contribution in [3.05, 3.63) is 29.8 Å². The van der Waals surface area contributed by atoms with Gasteiger partial charge in [0.25, 0.3) is 0 Å². The van der Waals surface area contributed by atoms with Gasteiger partial charge in [-0.25, -0.2) is 0 Å². The quantitative estimate of drug-likeness (QED) is 0.900. The van der Waals surface area contributed by atoms with Crippen molar-refractivity contribution in [2.75, 3.05) is 20.2 Å². The summed E-state index contributed by atoms with van der Waals surface area (Å²) >= 11 is 0. The van der Waals surface area contributed by atoms with Crippen LogP contribution in [0.2, 0.25) is 0 Å². The lowest BCUT2D eigenvalue weighted by Crippen LogP contribution is -2.37. The Balaban J connectivity index is 1.99. The lowest BCUT2D eigenvalue weighted by atomic mass is 9.84. The maximum absolute atomic E-state index is 12.3. The molecule has 2 rings (SSSR count). The molecule has 5 heteroatoms. The van der Waals surface area contributed by atoms with Gasteiger partial charge in [0.05, 0.1) is 18.9 Å². The standard InChI is InChI=1S/C16H21NO4/c1-3-16(15(19)20)8-9-17(11-16)14(18)10-12-4-6-13(21-2)7-5-12/h4-7H,3,8-11H2,1-2H3,(H,19,20). The van der Waals surface area contributed by atoms with E-state index in [0.29, 0.717) is 32.4 Å². The van der Waals surface area contributed by atoms with E-state index in [2.05, 4.69) is 0 Å². The Morgan fingerprint density at radius 2 is 2.00 bits per heavy atom. The first kappa shape index (κ1) is 15.4. The van der Waals surface area contributed by atoms with Crippen LogP contribution in [0.25, 0.3) is 0 Å². The predicted octanol–water partition coefficient (Wildman–Crippen LogP) is 1.95. The fourth-order valence-corrected chi connectivity index (χ4v) is 2.73. The number of hydrogen-bond donors (Lipinski definition) is 1. The number of carbonyl (C=O) groups excluding carboxylic acids is 1. The van der Waals surface area contributed by atoms with E-state index >= 15 is 0 Å². The zero-order valence-corrected chi connectivity index (χ0v) is 12.5. The van der Waals surface area contributed by atoms with Crippen molar-refractivity contribution >= 4 is 11.9 Å². The monoisotopic (exact) mass is 291 g/mol. The molecule has 1 heterocycles. The highest BCUT2D eigenvalue weighted by Crippen LogP contribution is 2.34. The Kier molecular flexibility index (Phi) is 4.50. The largest absolute Gasteiger partial charge is 0.497 e. The molecule has 5 nitrogen and oxygen atoms in total. The molecule has 1 aliphatic heterocycles. The molecule has 0 spiro atoms. The number of carbonyl (C=O) groups is 2. The second-order valence-corrected chi connectivity index (χ2v) is 5.53. The molecule has 1 fully saturated rings. The Labute approximate surface area is 124 Å². The normalized spacial score (nSPS) is 21.3. The van der Waals surface area contributed by atoms with Gasteiger partial charge in [0, 0.05) is 13.1 Å². The number of ether oxygens (including phenoxy) is 1. The number of benzene rings is 1. The van der Waals surface area contributed by atoms with E-state index in [4.69, 9.17) is 4.74 Å². The molecule has 1 amide bonds. The molecule has 114 valence electrons. The summed E-state index contributed by atoms with van der Waals surface area (Å²) < 4.78 is 5.08. The third-order valence-corrected chi connectivity index (χ3v) is 4.35. The van der Waals surface area contributed by atoms with Crippen LogP contribution in [0.1, 0.15) is 25.3 Å². The Bertz CT molecular complexity index is 526. The molecule has 0 saturated carbocycles. The van der Waals surface area contributed by atoms with Crippen LogP contribution in [0.5, 0.6) is 5.75 Å². The Morgan fingerprint density at radius 1 is 1.33 bits per heavy atom. The third kappa shape index (κ3) is 3.17. The SMILES string of the molecule is CCC1(C(=O)O)CCN(C(=O)Cc2ccc(OC)cc2)C1. The lowest BCUT2D eigenvalue weighted by Gasteiger charge is -2.23. The highest BCUT2D eigenvalue weighted by Gasteiger charge is 2.44. The van der Waals surface area contributed by atoms with Crippen molar-refractivity contribution in [2.45, 2.75) is 26.2 Å². The van der Waals surface area contributed by atoms with E-state index in [1.165, 1.54) is 0 Å². The average molecular weight is 291 g/mol. The van der Waals surface area contributed by atoms with Crippen molar-refractivity contribution in [1.29, 1.82) is 0 Å². The Morgan fingerprint density at radius 3 is 2.48 bits per heavy atom. The summed E-state index contributed by atoms with van der Waals surface area (Å²) in [4.78, 5) is 25.4. The van der Waals surface area contributed by atoms with Crippen molar-refractivity contribution in [1.82, 2.24) is 4.90 Å². The summed E-state index contributed by atoms with van der Waals surface area (Å²) in [5.74, 6) is -0.0651. The number of hydrogen-bond acceptors (Lipinski definition) is 3. The molecule has 1 aliphatic rings. The number of amides is 1. The topological polar surface area (TPSA) is 66.8 Å². The number of carboxylic acid groups (broad SMARTS) is 1. The molecule has 1 N–H and O–H groups in total. The summed E-state index contributed by atoms with van der Waals surface area (Å²) in [7, 11) is 1.60. The molecule has 21 heavy (non-hydrogen) atoms. The van der Waals surface area contributed by atoms with E-state index in [9.17, 15) is 14.7 Å². The van der Waals surface area contributed by atoms with Gasteiger partial charge in [-0.1, -0.05) is 19.1 Å². The fourth-order valence-electron chi connectivity index (χ4n) is 2.73. The summed E-state index contributed by atoms with van der Waals surface area (Å²) in [5, 5.41) is 9.36. The first-order valence-corrected chi connectivity index (χ1v) is 7.15. The minimum Gasteiger partial charge on any atom is -0.497 e. The van der Waals surface area contributed by atoms with Gasteiger partial charge in [-0.2, -0.15) is 0 Å². The molecule has 1 aromatic carbocycles. The molecule has 0 aliphatic carbocycles. The van der Waals surface area contributed by atoms with Gasteiger partial charge in [-0.3, -0.25) is 9.59 Å². The van der Waals surface area contributed by atoms with Gasteiger partial charge in [-0.15, -0.1) is 0 Å². The second-order valence-electron chi connectivity index (χ2n) is 5.53. The summed E-state index contributed by atoms with van der Waals surface area (Å²) in [6, 6.07) is 7.36. The highest BCUT2D eigenvalue weighted by molar-refractivity contribution is 5.82. The van der Waals surface area contributed by atoms with E-state index in [1.807, 2.05) is 31.2 Å². The zero-order valence-electron chi connectivity index (χ0n) is 12.5. The molecule has 0 aromatic heterocycles. The first-order chi connectivity index (χ1) is 10.0. The highest BCUT2D eigenvalue weighted by atomic mass is 16.5. The minimum absolute atomic E-state index is 0.0169. The van der Waals surface area contributed by atoms with E-state index in [-0.39, 0.29) is 5.91 Å². The van der Waals surface area contributed by atoms with Crippen LogP contribution < -0.4 is 4.74 Å². The molecular weight excluding hydrogens is 270 g/mol. The number of nitrogens with zero attached hydrogens (tertiary/aromatic N) is 1. The van der Waals surface area contributed by atoms with Crippen LogP contribution in [0.3, 0.4) is 0 Å². The lowest BCUT2D eigenvalue weighted by molar-refractivity contribution is -0.148. The smallest absolute Gasteiger partial charge is 0.311 e. The molecule has 1 saturated heterocycles. The fraction of sp³-hybridized carbons (Fsp3) is 0.500. The van der Waals surface area contributed by atoms with Crippen LogP contribution in [0.4, 0.5) is 0 Å². The van der Waals surface area contributed by atoms with Crippen molar-refractivity contribution < 1.29 is 19.4 Å². The number of rotatable bonds is 5. The molecule has 1 atom stereocenters. The van der Waals surface area contributed by atoms with E-state index in [1.54, 1.807) is 12.0 Å². The number of likely N-dealkylation sites (tertiary alicyclic amines) is 1. The van der Waals surface area contributed by atoms with Crippen LogP contribution in [-0.2, 0) is 16.0 Å². The first-order valence-electron chi connectivity index (χ1n) is 7.15. The predicted molar refractivity (Wildman–Crippen MR) is 78.3 cm³/mol. The molecular formula is C16H21NO4. The summed E-state index contributed by atoms with van der Waals surface area (Å²) in [6.45, 7) is 2.70. The van der Waals surface area contributed by atoms with Gasteiger partial charge in [-0.05, 0) is 30.5 Å². The van der Waals surface area contributed by atoms with Crippen LogP contribution >= 0.6 is 0 Å². The van der Waals surface area contributed by atoms with E-state index in [0.717, 1.165) is 11.3 Å². The third-order valence-electron chi connectivity index (χ3n) is 4.35. The van der Waals surface area contributed by atoms with Crippen molar-refractivity contribution in [3.63, 3.8) is 0 Å². The van der Waals surface area contributed by atoms with Crippen molar-refractivity contribution in [3.8, 4) is 5.75 Å². The molecule has 0 bridgehead atoms. The molecule has 1 aromatic rings. The van der Waals surface area contributed by atoms with Gasteiger partial charge in [0.2, 0.25) is 5.91 Å². The van der Waals surface area contributed by atoms with Crippen LogP contribution in [0.15, 0.2) is 24.3 Å². The van der Waals surface area contributed by atoms with Crippen LogP contribution in [-0.4, -0.2) is 42.1 Å². The maximum Gasteiger partial charge on any atom is 0.311 e. The van der Waals surface area contributed by atoms with Gasteiger partial charge >= 0.3 is 5.97 Å². The minimum atomic E-state index is -0.801. The van der Waals surface area contributed by atoms with Gasteiger partial charge in [0.15, 0.2) is 0 Å². The van der Waals surface area contributed by atoms with Crippen molar-refractivity contribution in [2.24, 2.45) is 5.41 Å². The number of aliphatic carboxylic acids is 1. The maximum atomic E-state index is 12.3. The Hall–Kier alpha value is -2.04. The van der Waals surface area contributed by atoms with E-state index < -0.39 is 11.4 Å². The number of carboxylic acids is 1. The summed E-state index contributed by atoms with van der Waals surface area (Å²) in [6.07, 6.45) is 1.38. The van der Waals surface area contributed by atoms with Gasteiger partial charge in [0.1, 0.15) is 5.75 Å². The zero-order chi connectivity index (χ0) is 15.5.